The van der Waals surface area contributed by atoms with Crippen LogP contribution in [-0.4, -0.2) is 21.3 Å². The predicted molar refractivity (Wildman–Crippen MR) is 68.8 cm³/mol. The number of alkyl halides is 3. The van der Waals surface area contributed by atoms with E-state index in [2.05, 4.69) is 15.4 Å². The van der Waals surface area contributed by atoms with Crippen LogP contribution in [0.15, 0.2) is 24.7 Å². The first-order chi connectivity index (χ1) is 9.41. The largest absolute Gasteiger partial charge is 0.419 e. The van der Waals surface area contributed by atoms with Crippen molar-refractivity contribution in [1.82, 2.24) is 20.1 Å². The summed E-state index contributed by atoms with van der Waals surface area (Å²) in [6.45, 7) is 3.21. The van der Waals surface area contributed by atoms with Gasteiger partial charge in [0.05, 0.1) is 16.8 Å². The Morgan fingerprint density at radius 1 is 1.35 bits per heavy atom. The van der Waals surface area contributed by atoms with E-state index >= 15 is 0 Å². The number of pyridine rings is 1. The van der Waals surface area contributed by atoms with Crippen molar-refractivity contribution in [2.75, 3.05) is 6.54 Å². The van der Waals surface area contributed by atoms with Crippen LogP contribution in [0.4, 0.5) is 13.2 Å². The third-order valence-electron chi connectivity index (χ3n) is 2.63. The molecule has 2 aromatic heterocycles. The summed E-state index contributed by atoms with van der Waals surface area (Å²) in [7, 11) is 0. The molecule has 0 saturated carbocycles. The lowest BCUT2D eigenvalue weighted by molar-refractivity contribution is -0.137. The van der Waals surface area contributed by atoms with Crippen LogP contribution in [0, 0.1) is 0 Å². The van der Waals surface area contributed by atoms with E-state index in [1.54, 1.807) is 6.07 Å². The molecule has 8 heteroatoms. The van der Waals surface area contributed by atoms with Crippen LogP contribution >= 0.6 is 11.6 Å². The second kappa shape index (κ2) is 5.80. The molecular formula is C12H12ClF3N4. The number of nitrogens with zero attached hydrogens (tertiary/aromatic N) is 3. The summed E-state index contributed by atoms with van der Waals surface area (Å²) in [5.74, 6) is 0.290. The van der Waals surface area contributed by atoms with E-state index in [0.29, 0.717) is 11.6 Å². The van der Waals surface area contributed by atoms with Crippen molar-refractivity contribution in [2.24, 2.45) is 0 Å². The van der Waals surface area contributed by atoms with E-state index < -0.39 is 11.7 Å². The van der Waals surface area contributed by atoms with Gasteiger partial charge in [-0.2, -0.15) is 18.3 Å². The predicted octanol–water partition coefficient (Wildman–Crippen LogP) is 3.05. The fraction of sp³-hybridized carbons (Fsp3) is 0.333. The zero-order valence-electron chi connectivity index (χ0n) is 10.6. The molecule has 0 aliphatic rings. The molecule has 0 aliphatic heterocycles. The molecule has 108 valence electrons. The highest BCUT2D eigenvalue weighted by atomic mass is 35.5. The Morgan fingerprint density at radius 3 is 2.70 bits per heavy atom. The molecule has 0 aliphatic carbocycles. The van der Waals surface area contributed by atoms with Crippen molar-refractivity contribution >= 4 is 11.6 Å². The van der Waals surface area contributed by atoms with Gasteiger partial charge in [-0.15, -0.1) is 0 Å². The summed E-state index contributed by atoms with van der Waals surface area (Å²) in [5.41, 5.74) is -0.0648. The lowest BCUT2D eigenvalue weighted by Crippen LogP contribution is -2.13. The van der Waals surface area contributed by atoms with Gasteiger partial charge in [0.15, 0.2) is 5.82 Å². The molecule has 0 aromatic carbocycles. The maximum Gasteiger partial charge on any atom is 0.419 e. The van der Waals surface area contributed by atoms with E-state index in [-0.39, 0.29) is 5.82 Å². The monoisotopic (exact) mass is 304 g/mol. The number of aromatic nitrogens is 3. The highest BCUT2D eigenvalue weighted by Gasteiger charge is 2.32. The Labute approximate surface area is 118 Å². The molecule has 0 saturated heterocycles. The Morgan fingerprint density at radius 2 is 2.10 bits per heavy atom. The van der Waals surface area contributed by atoms with Crippen LogP contribution in [0.5, 0.6) is 0 Å². The van der Waals surface area contributed by atoms with Gasteiger partial charge in [0.2, 0.25) is 0 Å². The van der Waals surface area contributed by atoms with Crippen LogP contribution < -0.4 is 5.32 Å². The minimum Gasteiger partial charge on any atom is -0.313 e. The molecule has 1 N–H and O–H groups in total. The average Bonchev–Trinajstić information content (AvgIpc) is 2.87. The topological polar surface area (TPSA) is 42.7 Å². The molecule has 2 heterocycles. The van der Waals surface area contributed by atoms with Crippen molar-refractivity contribution < 1.29 is 13.2 Å². The molecule has 4 nitrogen and oxygen atoms in total. The van der Waals surface area contributed by atoms with Gasteiger partial charge in [0, 0.05) is 18.9 Å². The molecule has 0 radical (unpaired) electrons. The van der Waals surface area contributed by atoms with Crippen molar-refractivity contribution in [3.8, 4) is 5.82 Å². The second-order valence-electron chi connectivity index (χ2n) is 4.09. The summed E-state index contributed by atoms with van der Waals surface area (Å²) >= 11 is 5.99. The molecule has 0 spiro atoms. The minimum absolute atomic E-state index is 0.290. The van der Waals surface area contributed by atoms with Crippen LogP contribution in [0.3, 0.4) is 0 Å². The van der Waals surface area contributed by atoms with E-state index in [9.17, 15) is 13.2 Å². The molecule has 2 aromatic rings. The van der Waals surface area contributed by atoms with E-state index in [1.165, 1.54) is 6.20 Å². The lowest BCUT2D eigenvalue weighted by atomic mass is 10.2. The summed E-state index contributed by atoms with van der Waals surface area (Å²) < 4.78 is 38.6. The first-order valence-corrected chi connectivity index (χ1v) is 6.27. The lowest BCUT2D eigenvalue weighted by Gasteiger charge is -2.07. The van der Waals surface area contributed by atoms with Gasteiger partial charge < -0.3 is 5.32 Å². The Hall–Kier alpha value is -1.60. The smallest absolute Gasteiger partial charge is 0.313 e. The van der Waals surface area contributed by atoms with Gasteiger partial charge in [-0.1, -0.05) is 18.5 Å². The Balaban J connectivity index is 2.31. The summed E-state index contributed by atoms with van der Waals surface area (Å²) in [6, 6.07) is 1.61. The molecule has 20 heavy (non-hydrogen) atoms. The first-order valence-electron chi connectivity index (χ1n) is 5.89. The molecule has 0 fully saturated rings. The van der Waals surface area contributed by atoms with Crippen molar-refractivity contribution in [1.29, 1.82) is 0 Å². The summed E-state index contributed by atoms with van der Waals surface area (Å²) in [5, 5.41) is 7.22. The fourth-order valence-electron chi connectivity index (χ4n) is 1.58. The number of halogens is 4. The third-order valence-corrected chi connectivity index (χ3v) is 2.97. The molecule has 0 bridgehead atoms. The maximum atomic E-state index is 12.5. The fourth-order valence-corrected chi connectivity index (χ4v) is 1.75. The molecule has 0 unspecified atom stereocenters. The van der Waals surface area contributed by atoms with E-state index in [0.717, 1.165) is 29.2 Å². The zero-order valence-corrected chi connectivity index (χ0v) is 11.3. The van der Waals surface area contributed by atoms with Crippen LogP contribution in [0.25, 0.3) is 5.82 Å². The SMILES string of the molecule is CCNCc1cc(-n2cc(C(F)(F)F)cn2)ncc1Cl. The summed E-state index contributed by atoms with van der Waals surface area (Å²) in [6.07, 6.45) is -1.36. The van der Waals surface area contributed by atoms with Crippen LogP contribution in [-0.2, 0) is 12.7 Å². The Bertz CT molecular complexity index is 595. The van der Waals surface area contributed by atoms with E-state index in [1.807, 2.05) is 6.92 Å². The molecule has 2 rings (SSSR count). The van der Waals surface area contributed by atoms with Gasteiger partial charge in [-0.05, 0) is 18.2 Å². The molecular weight excluding hydrogens is 293 g/mol. The van der Waals surface area contributed by atoms with Gasteiger partial charge >= 0.3 is 6.18 Å². The van der Waals surface area contributed by atoms with E-state index in [4.69, 9.17) is 11.6 Å². The highest BCUT2D eigenvalue weighted by Crippen LogP contribution is 2.29. The van der Waals surface area contributed by atoms with Crippen molar-refractivity contribution in [2.45, 2.75) is 19.6 Å². The standard InChI is InChI=1S/C12H12ClF3N4/c1-2-17-4-8-3-11(18-6-10(8)13)20-7-9(5-19-20)12(14,15)16/h3,5-7,17H,2,4H2,1H3. The van der Waals surface area contributed by atoms with Crippen LogP contribution in [0.2, 0.25) is 5.02 Å². The molecule has 0 atom stereocenters. The Kier molecular flexibility index (Phi) is 4.29. The molecule has 0 amide bonds. The average molecular weight is 305 g/mol. The zero-order chi connectivity index (χ0) is 14.8. The highest BCUT2D eigenvalue weighted by molar-refractivity contribution is 6.31. The first kappa shape index (κ1) is 14.8. The van der Waals surface area contributed by atoms with Crippen molar-refractivity contribution in [3.63, 3.8) is 0 Å². The third kappa shape index (κ3) is 3.29. The quantitative estimate of drug-likeness (QED) is 0.944. The summed E-state index contributed by atoms with van der Waals surface area (Å²) in [4.78, 5) is 3.99. The van der Waals surface area contributed by atoms with Gasteiger partial charge in [0.25, 0.3) is 0 Å². The second-order valence-corrected chi connectivity index (χ2v) is 4.49. The number of rotatable bonds is 4. The van der Waals surface area contributed by atoms with Gasteiger partial charge in [0.1, 0.15) is 0 Å². The van der Waals surface area contributed by atoms with Crippen molar-refractivity contribution in [3.05, 3.63) is 40.8 Å². The number of hydrogen-bond acceptors (Lipinski definition) is 3. The van der Waals surface area contributed by atoms with Gasteiger partial charge in [-0.3, -0.25) is 0 Å². The number of hydrogen-bond donors (Lipinski definition) is 1. The minimum atomic E-state index is -4.42. The number of nitrogens with one attached hydrogen (secondary N) is 1. The maximum absolute atomic E-state index is 12.5. The normalized spacial score (nSPS) is 11.8. The van der Waals surface area contributed by atoms with Crippen LogP contribution in [0.1, 0.15) is 18.1 Å². The van der Waals surface area contributed by atoms with Gasteiger partial charge in [-0.25, -0.2) is 9.67 Å².